The molecule has 1 fully saturated rings. The second-order valence-corrected chi connectivity index (χ2v) is 5.50. The first-order valence-corrected chi connectivity index (χ1v) is 7.14. The third kappa shape index (κ3) is 3.01. The summed E-state index contributed by atoms with van der Waals surface area (Å²) >= 11 is 0. The Balaban J connectivity index is 1.83. The van der Waals surface area contributed by atoms with Gasteiger partial charge in [0.05, 0.1) is 20.3 Å². The van der Waals surface area contributed by atoms with E-state index in [4.69, 9.17) is 14.2 Å². The number of benzene rings is 2. The van der Waals surface area contributed by atoms with Gasteiger partial charge in [-0.05, 0) is 42.5 Å². The number of halogens is 1. The second kappa shape index (κ2) is 5.62. The molecule has 0 radical (unpaired) electrons. The Morgan fingerprint density at radius 3 is 2.67 bits per heavy atom. The summed E-state index contributed by atoms with van der Waals surface area (Å²) in [6.45, 7) is 3.19. The van der Waals surface area contributed by atoms with E-state index in [-0.39, 0.29) is 5.82 Å². The van der Waals surface area contributed by atoms with Crippen LogP contribution in [0.15, 0.2) is 30.3 Å². The van der Waals surface area contributed by atoms with Crippen molar-refractivity contribution in [1.82, 2.24) is 0 Å². The lowest BCUT2D eigenvalue weighted by Gasteiger charge is -2.22. The minimum Gasteiger partial charge on any atom is -0.497 e. The topological polar surface area (TPSA) is 27.7 Å². The first-order valence-electron chi connectivity index (χ1n) is 7.14. The van der Waals surface area contributed by atoms with E-state index in [1.165, 1.54) is 0 Å². The van der Waals surface area contributed by atoms with E-state index in [1.807, 2.05) is 25.1 Å². The molecule has 0 unspecified atom stereocenters. The summed E-state index contributed by atoms with van der Waals surface area (Å²) in [5.74, 6) is -0.0973. The van der Waals surface area contributed by atoms with Gasteiger partial charge in [-0.2, -0.15) is 0 Å². The van der Waals surface area contributed by atoms with Crippen LogP contribution in [-0.4, -0.2) is 26.1 Å². The van der Waals surface area contributed by atoms with E-state index in [0.717, 1.165) is 17.4 Å². The number of hydrogen-bond acceptors (Lipinski definition) is 3. The van der Waals surface area contributed by atoms with Crippen molar-refractivity contribution in [3.63, 3.8) is 0 Å². The van der Waals surface area contributed by atoms with Crippen LogP contribution in [0.25, 0.3) is 10.8 Å². The van der Waals surface area contributed by atoms with E-state index in [1.54, 1.807) is 19.2 Å². The van der Waals surface area contributed by atoms with E-state index < -0.39 is 5.79 Å². The molecule has 1 saturated heterocycles. The van der Waals surface area contributed by atoms with Gasteiger partial charge in [0.2, 0.25) is 0 Å². The second-order valence-electron chi connectivity index (χ2n) is 5.50. The molecule has 0 saturated carbocycles. The van der Waals surface area contributed by atoms with Gasteiger partial charge in [-0.15, -0.1) is 0 Å². The van der Waals surface area contributed by atoms with Crippen LogP contribution >= 0.6 is 0 Å². The molecule has 0 bridgehead atoms. The number of hydrogen-bond donors (Lipinski definition) is 0. The van der Waals surface area contributed by atoms with Gasteiger partial charge in [0.1, 0.15) is 11.6 Å². The predicted molar refractivity (Wildman–Crippen MR) is 79.1 cm³/mol. The first-order chi connectivity index (χ1) is 10.1. The smallest absolute Gasteiger partial charge is 0.166 e. The van der Waals surface area contributed by atoms with E-state index in [9.17, 15) is 4.39 Å². The lowest BCUT2D eigenvalue weighted by molar-refractivity contribution is -0.146. The molecule has 1 aliphatic rings. The van der Waals surface area contributed by atoms with Crippen molar-refractivity contribution in [2.45, 2.75) is 25.6 Å². The van der Waals surface area contributed by atoms with Gasteiger partial charge in [0.25, 0.3) is 0 Å². The molecular weight excluding hydrogens is 271 g/mol. The van der Waals surface area contributed by atoms with Crippen LogP contribution in [0, 0.1) is 5.82 Å². The summed E-state index contributed by atoms with van der Waals surface area (Å²) in [4.78, 5) is 0. The number of fused-ring (bicyclic) bond motifs is 1. The Bertz CT molecular complexity index is 648. The number of aryl methyl sites for hydroxylation is 1. The molecule has 0 aliphatic carbocycles. The van der Waals surface area contributed by atoms with E-state index in [0.29, 0.717) is 30.8 Å². The van der Waals surface area contributed by atoms with Crippen LogP contribution in [0.2, 0.25) is 0 Å². The van der Waals surface area contributed by atoms with Crippen molar-refractivity contribution in [1.29, 1.82) is 0 Å². The maximum atomic E-state index is 14.2. The van der Waals surface area contributed by atoms with Crippen LogP contribution in [-0.2, 0) is 15.9 Å². The Morgan fingerprint density at radius 1 is 1.19 bits per heavy atom. The van der Waals surface area contributed by atoms with Crippen molar-refractivity contribution in [3.8, 4) is 5.75 Å². The zero-order valence-corrected chi connectivity index (χ0v) is 12.3. The molecule has 1 aliphatic heterocycles. The zero-order valence-electron chi connectivity index (χ0n) is 12.3. The molecule has 21 heavy (non-hydrogen) atoms. The highest BCUT2D eigenvalue weighted by molar-refractivity contribution is 5.85. The predicted octanol–water partition coefficient (Wildman–Crippen LogP) is 3.68. The minimum absolute atomic E-state index is 0.222. The van der Waals surface area contributed by atoms with Crippen LogP contribution < -0.4 is 4.74 Å². The van der Waals surface area contributed by atoms with Crippen molar-refractivity contribution < 1.29 is 18.6 Å². The third-order valence-electron chi connectivity index (χ3n) is 3.94. The molecular formula is C17H19FO3. The van der Waals surface area contributed by atoms with Crippen molar-refractivity contribution >= 4 is 10.8 Å². The fraction of sp³-hybridized carbons (Fsp3) is 0.412. The molecule has 4 heteroatoms. The monoisotopic (exact) mass is 290 g/mol. The highest BCUT2D eigenvalue weighted by Gasteiger charge is 2.30. The Labute approximate surface area is 123 Å². The zero-order chi connectivity index (χ0) is 14.9. The maximum Gasteiger partial charge on any atom is 0.166 e. The van der Waals surface area contributed by atoms with Gasteiger partial charge in [-0.1, -0.05) is 12.1 Å². The first kappa shape index (κ1) is 14.3. The SMILES string of the molecule is COc1ccc2cc(CCC3(C)OCCO3)cc(F)c2c1. The molecule has 1 heterocycles. The fourth-order valence-corrected chi connectivity index (χ4v) is 2.69. The standard InChI is InChI=1S/C17H19FO3/c1-17(20-7-8-21-17)6-5-12-9-13-3-4-14(19-2)11-15(13)16(18)10-12/h3-4,9-11H,5-8H2,1-2H3. The highest BCUT2D eigenvalue weighted by Crippen LogP contribution is 2.28. The average Bonchev–Trinajstić information content (AvgIpc) is 2.92. The van der Waals surface area contributed by atoms with Gasteiger partial charge in [0.15, 0.2) is 5.79 Å². The summed E-state index contributed by atoms with van der Waals surface area (Å²) < 4.78 is 30.5. The molecule has 0 atom stereocenters. The number of methoxy groups -OCH3 is 1. The van der Waals surface area contributed by atoms with Gasteiger partial charge in [-0.3, -0.25) is 0 Å². The molecule has 2 aromatic carbocycles. The summed E-state index contributed by atoms with van der Waals surface area (Å²) in [5.41, 5.74) is 0.950. The van der Waals surface area contributed by atoms with E-state index >= 15 is 0 Å². The van der Waals surface area contributed by atoms with Gasteiger partial charge < -0.3 is 14.2 Å². The van der Waals surface area contributed by atoms with Crippen LogP contribution in [0.1, 0.15) is 18.9 Å². The van der Waals surface area contributed by atoms with Gasteiger partial charge in [0, 0.05) is 11.8 Å². The molecule has 2 aromatic rings. The fourth-order valence-electron chi connectivity index (χ4n) is 2.69. The lowest BCUT2D eigenvalue weighted by atomic mass is 10.0. The Morgan fingerprint density at radius 2 is 1.95 bits per heavy atom. The van der Waals surface area contributed by atoms with Crippen molar-refractivity contribution in [2.75, 3.05) is 20.3 Å². The number of rotatable bonds is 4. The summed E-state index contributed by atoms with van der Waals surface area (Å²) in [6.07, 6.45) is 1.43. The Kier molecular flexibility index (Phi) is 3.83. The Hall–Kier alpha value is -1.65. The molecule has 112 valence electrons. The molecule has 0 aromatic heterocycles. The van der Waals surface area contributed by atoms with E-state index in [2.05, 4.69) is 0 Å². The largest absolute Gasteiger partial charge is 0.497 e. The van der Waals surface area contributed by atoms with Gasteiger partial charge >= 0.3 is 0 Å². The summed E-state index contributed by atoms with van der Waals surface area (Å²) in [7, 11) is 1.58. The summed E-state index contributed by atoms with van der Waals surface area (Å²) in [6, 6.07) is 9.04. The van der Waals surface area contributed by atoms with Crippen LogP contribution in [0.4, 0.5) is 4.39 Å². The normalized spacial score (nSPS) is 17.3. The maximum absolute atomic E-state index is 14.2. The van der Waals surface area contributed by atoms with Crippen molar-refractivity contribution in [2.24, 2.45) is 0 Å². The molecule has 0 amide bonds. The molecule has 0 spiro atoms. The molecule has 0 N–H and O–H groups in total. The highest BCUT2D eigenvalue weighted by atomic mass is 19.1. The van der Waals surface area contributed by atoms with Crippen LogP contribution in [0.3, 0.4) is 0 Å². The molecule has 3 nitrogen and oxygen atoms in total. The average molecular weight is 290 g/mol. The summed E-state index contributed by atoms with van der Waals surface area (Å²) in [5, 5.41) is 1.46. The number of ether oxygens (including phenoxy) is 3. The minimum atomic E-state index is -0.536. The van der Waals surface area contributed by atoms with Crippen LogP contribution in [0.5, 0.6) is 5.75 Å². The molecule has 3 rings (SSSR count). The quantitative estimate of drug-likeness (QED) is 0.859. The third-order valence-corrected chi connectivity index (χ3v) is 3.94. The van der Waals surface area contributed by atoms with Gasteiger partial charge in [-0.25, -0.2) is 4.39 Å². The lowest BCUT2D eigenvalue weighted by Crippen LogP contribution is -2.26. The van der Waals surface area contributed by atoms with Crippen molar-refractivity contribution in [3.05, 3.63) is 41.7 Å².